The number of methoxy groups -OCH3 is 2. The summed E-state index contributed by atoms with van der Waals surface area (Å²) in [5, 5.41) is 18.4. The van der Waals surface area contributed by atoms with Gasteiger partial charge < -0.3 is 24.4 Å². The van der Waals surface area contributed by atoms with Gasteiger partial charge in [-0.05, 0) is 23.1 Å². The van der Waals surface area contributed by atoms with Crippen LogP contribution in [-0.4, -0.2) is 43.3 Å². The van der Waals surface area contributed by atoms with Gasteiger partial charge in [-0.25, -0.2) is 4.79 Å². The highest BCUT2D eigenvalue weighted by Crippen LogP contribution is 2.41. The number of carboxylic acid groups (broad SMARTS) is 1. The fraction of sp³-hybridized carbons (Fsp3) is 0.562. The average Bonchev–Trinajstić information content (AvgIpc) is 2.44. The van der Waals surface area contributed by atoms with E-state index in [4.69, 9.17) is 19.3 Å². The molecule has 0 bridgehead atoms. The minimum Gasteiger partial charge on any atom is -0.493 e. The van der Waals surface area contributed by atoms with E-state index < -0.39 is 18.9 Å². The number of benzene rings is 1. The lowest BCUT2D eigenvalue weighted by molar-refractivity contribution is -0.00836. The van der Waals surface area contributed by atoms with Crippen molar-refractivity contribution in [3.8, 4) is 11.5 Å². The number of aliphatic hydroxyl groups is 1. The van der Waals surface area contributed by atoms with E-state index in [1.807, 2.05) is 26.8 Å². The zero-order valence-electron chi connectivity index (χ0n) is 13.6. The maximum Gasteiger partial charge on any atom is 0.506 e. The van der Waals surface area contributed by atoms with E-state index in [-0.39, 0.29) is 11.3 Å². The maximum atomic E-state index is 10.9. The third kappa shape index (κ3) is 4.27. The van der Waals surface area contributed by atoms with Gasteiger partial charge in [0.05, 0.1) is 20.8 Å². The number of aliphatic hydroxyl groups excluding tert-OH is 1. The van der Waals surface area contributed by atoms with Crippen LogP contribution in [-0.2, 0) is 4.74 Å². The van der Waals surface area contributed by atoms with Crippen LogP contribution in [0, 0.1) is 5.41 Å². The number of hydrogen-bond donors (Lipinski definition) is 2. The van der Waals surface area contributed by atoms with Crippen LogP contribution >= 0.6 is 0 Å². The molecule has 0 aliphatic heterocycles. The molecule has 2 N–H and O–H groups in total. The molecule has 124 valence electrons. The maximum absolute atomic E-state index is 10.9. The van der Waals surface area contributed by atoms with E-state index in [1.54, 1.807) is 19.2 Å². The molecule has 1 unspecified atom stereocenters. The fourth-order valence-electron chi connectivity index (χ4n) is 2.66. The molecule has 0 heterocycles. The molecule has 0 saturated heterocycles. The summed E-state index contributed by atoms with van der Waals surface area (Å²) in [7, 11) is 3.08. The molecular formula is C16H24O6. The largest absolute Gasteiger partial charge is 0.506 e. The highest BCUT2D eigenvalue weighted by Gasteiger charge is 2.36. The second-order valence-electron chi connectivity index (χ2n) is 6.06. The highest BCUT2D eigenvalue weighted by molar-refractivity contribution is 5.57. The van der Waals surface area contributed by atoms with Gasteiger partial charge in [0.2, 0.25) is 0 Å². The van der Waals surface area contributed by atoms with Crippen molar-refractivity contribution in [2.75, 3.05) is 20.8 Å². The summed E-state index contributed by atoms with van der Waals surface area (Å²) < 4.78 is 15.4. The van der Waals surface area contributed by atoms with Gasteiger partial charge in [-0.3, -0.25) is 0 Å². The number of hydrogen-bond acceptors (Lipinski definition) is 5. The van der Waals surface area contributed by atoms with Crippen molar-refractivity contribution in [3.63, 3.8) is 0 Å². The lowest BCUT2D eigenvalue weighted by Crippen LogP contribution is -2.36. The molecule has 0 amide bonds. The predicted octanol–water partition coefficient (Wildman–Crippen LogP) is 2.89. The van der Waals surface area contributed by atoms with Crippen LogP contribution in [0.1, 0.15) is 32.3 Å². The smallest absolute Gasteiger partial charge is 0.493 e. The van der Waals surface area contributed by atoms with Crippen LogP contribution in [0.5, 0.6) is 11.5 Å². The second kappa shape index (κ2) is 7.35. The summed E-state index contributed by atoms with van der Waals surface area (Å²) >= 11 is 0. The normalized spacial score (nSPS) is 14.1. The Bertz CT molecular complexity index is 506. The summed E-state index contributed by atoms with van der Waals surface area (Å²) in [6, 6.07) is 5.36. The highest BCUT2D eigenvalue weighted by atomic mass is 16.7. The van der Waals surface area contributed by atoms with E-state index in [0.29, 0.717) is 11.5 Å². The quantitative estimate of drug-likeness (QED) is 0.786. The van der Waals surface area contributed by atoms with Gasteiger partial charge in [-0.15, -0.1) is 0 Å². The molecule has 6 heteroatoms. The van der Waals surface area contributed by atoms with Crippen molar-refractivity contribution >= 4 is 6.16 Å². The molecule has 1 aromatic rings. The topological polar surface area (TPSA) is 85.2 Å². The van der Waals surface area contributed by atoms with E-state index in [9.17, 15) is 9.90 Å². The fourth-order valence-corrected chi connectivity index (χ4v) is 2.66. The standard InChI is InChI=1S/C16H24O6/c1-16(2,3)14(13(9-17)22-15(18)19)10-6-7-11(20-4)12(8-10)21-5/h6-8,13-14,17H,9H2,1-5H3,(H,18,19)/t13-,14?/m1/s1. The van der Waals surface area contributed by atoms with Gasteiger partial charge in [0.15, 0.2) is 11.5 Å². The Hall–Kier alpha value is -1.95. The molecule has 2 atom stereocenters. The Morgan fingerprint density at radius 3 is 2.18 bits per heavy atom. The first-order valence-corrected chi connectivity index (χ1v) is 6.97. The molecule has 0 aromatic heterocycles. The molecule has 0 fully saturated rings. The van der Waals surface area contributed by atoms with Crippen LogP contribution < -0.4 is 9.47 Å². The Kier molecular flexibility index (Phi) is 6.05. The minimum absolute atomic E-state index is 0.331. The van der Waals surface area contributed by atoms with Gasteiger partial charge >= 0.3 is 6.16 Å². The number of ether oxygens (including phenoxy) is 3. The van der Waals surface area contributed by atoms with Crippen LogP contribution in [0.4, 0.5) is 4.79 Å². The van der Waals surface area contributed by atoms with Crippen molar-refractivity contribution in [1.29, 1.82) is 0 Å². The van der Waals surface area contributed by atoms with Crippen molar-refractivity contribution in [2.24, 2.45) is 5.41 Å². The third-order valence-corrected chi connectivity index (χ3v) is 3.50. The molecule has 1 aromatic carbocycles. The molecule has 0 radical (unpaired) electrons. The van der Waals surface area contributed by atoms with E-state index in [0.717, 1.165) is 5.56 Å². The molecular weight excluding hydrogens is 288 g/mol. The number of carbonyl (C=O) groups is 1. The first-order chi connectivity index (χ1) is 10.2. The monoisotopic (exact) mass is 312 g/mol. The predicted molar refractivity (Wildman–Crippen MR) is 81.7 cm³/mol. The van der Waals surface area contributed by atoms with Crippen LogP contribution in [0.3, 0.4) is 0 Å². The molecule has 1 rings (SSSR count). The van der Waals surface area contributed by atoms with Crippen molar-refractivity contribution < 1.29 is 29.2 Å². The molecule has 0 aliphatic rings. The third-order valence-electron chi connectivity index (χ3n) is 3.50. The van der Waals surface area contributed by atoms with Crippen LogP contribution in [0.2, 0.25) is 0 Å². The van der Waals surface area contributed by atoms with Crippen molar-refractivity contribution in [2.45, 2.75) is 32.8 Å². The molecule has 6 nitrogen and oxygen atoms in total. The van der Waals surface area contributed by atoms with Crippen molar-refractivity contribution in [1.82, 2.24) is 0 Å². The lowest BCUT2D eigenvalue weighted by atomic mass is 9.73. The Balaban J connectivity index is 3.30. The summed E-state index contributed by atoms with van der Waals surface area (Å²) in [4.78, 5) is 10.9. The Morgan fingerprint density at radius 1 is 1.18 bits per heavy atom. The molecule has 0 saturated carbocycles. The zero-order valence-corrected chi connectivity index (χ0v) is 13.6. The number of rotatable bonds is 6. The van der Waals surface area contributed by atoms with E-state index in [2.05, 4.69) is 0 Å². The summed E-state index contributed by atoms with van der Waals surface area (Å²) in [5.41, 5.74) is 0.480. The average molecular weight is 312 g/mol. The Labute approximate surface area is 130 Å². The van der Waals surface area contributed by atoms with Crippen LogP contribution in [0.25, 0.3) is 0 Å². The first-order valence-electron chi connectivity index (χ1n) is 6.97. The SMILES string of the molecule is COc1ccc(C([C@@H](CO)OC(=O)O)C(C)(C)C)cc1OC. The van der Waals surface area contributed by atoms with Crippen LogP contribution in [0.15, 0.2) is 18.2 Å². The Morgan fingerprint density at radius 2 is 1.77 bits per heavy atom. The molecule has 0 spiro atoms. The molecule has 22 heavy (non-hydrogen) atoms. The van der Waals surface area contributed by atoms with Gasteiger partial charge in [0.1, 0.15) is 6.10 Å². The van der Waals surface area contributed by atoms with Gasteiger partial charge in [-0.2, -0.15) is 0 Å². The summed E-state index contributed by atoms with van der Waals surface area (Å²) in [6.45, 7) is 5.48. The lowest BCUT2D eigenvalue weighted by Gasteiger charge is -2.36. The van der Waals surface area contributed by atoms with Gasteiger partial charge in [0.25, 0.3) is 0 Å². The van der Waals surface area contributed by atoms with E-state index in [1.165, 1.54) is 7.11 Å². The summed E-state index contributed by atoms with van der Waals surface area (Å²) in [6.07, 6.45) is -2.27. The molecule has 0 aliphatic carbocycles. The van der Waals surface area contributed by atoms with Gasteiger partial charge in [0, 0.05) is 5.92 Å². The van der Waals surface area contributed by atoms with E-state index >= 15 is 0 Å². The van der Waals surface area contributed by atoms with Gasteiger partial charge in [-0.1, -0.05) is 26.8 Å². The first kappa shape index (κ1) is 18.1. The summed E-state index contributed by atoms with van der Waals surface area (Å²) in [5.74, 6) is 0.785. The van der Waals surface area contributed by atoms with Crippen molar-refractivity contribution in [3.05, 3.63) is 23.8 Å². The zero-order chi connectivity index (χ0) is 16.9. The minimum atomic E-state index is -1.41. The second-order valence-corrected chi connectivity index (χ2v) is 6.06.